The molecular weight excluding hydrogens is 589 g/mol. The van der Waals surface area contributed by atoms with Gasteiger partial charge in [-0.3, -0.25) is 14.4 Å². The summed E-state index contributed by atoms with van der Waals surface area (Å²) >= 11 is 0. The minimum Gasteiger partial charge on any atom is -0.335 e. The van der Waals surface area contributed by atoms with Crippen LogP contribution >= 0.6 is 7.92 Å². The van der Waals surface area contributed by atoms with Gasteiger partial charge >= 0.3 is 0 Å². The van der Waals surface area contributed by atoms with Gasteiger partial charge in [-0.05, 0) is 113 Å². The molecule has 0 aromatic heterocycles. The molecule has 6 heterocycles. The molecule has 0 aromatic carbocycles. The molecule has 18 atom stereocenters. The second kappa shape index (κ2) is 9.54. The highest BCUT2D eigenvalue weighted by atomic mass is 31.1. The van der Waals surface area contributed by atoms with Crippen molar-refractivity contribution in [3.63, 3.8) is 0 Å². The average molecular weight is 644 g/mol. The van der Waals surface area contributed by atoms with Gasteiger partial charge in [-0.15, -0.1) is 0 Å². The summed E-state index contributed by atoms with van der Waals surface area (Å²) in [5, 5.41) is 0. The van der Waals surface area contributed by atoms with Crippen LogP contribution in [0.3, 0.4) is 0 Å². The minimum absolute atomic E-state index is 0.242. The van der Waals surface area contributed by atoms with Crippen LogP contribution in [0.25, 0.3) is 0 Å². The number of rotatable bonds is 0. The van der Waals surface area contributed by atoms with Crippen LogP contribution < -0.4 is 0 Å². The molecule has 6 saturated heterocycles. The van der Waals surface area contributed by atoms with Crippen molar-refractivity contribution < 1.29 is 14.4 Å². The Hall–Kier alpha value is -1.16. The predicted octanol–water partition coefficient (Wildman–Crippen LogP) is 6.00. The molecule has 7 heteroatoms. The monoisotopic (exact) mass is 643 g/mol. The standard InChI is InChI=1S/C39H54N3O3P/c43-37-25-10-4-1-7-19(25)22-13-16-28-34-31(22)40(37)29-17-14-23-20-8-3-6-12-27(20)39(45)42-30-18-15-24-21-9-2-5-11-26(21)38(44)41(28)33(24)36(30)46(34)35(29)32(23)42/h19-36H,1-18H2. The van der Waals surface area contributed by atoms with Gasteiger partial charge in [0.05, 0.1) is 0 Å². The molecule has 248 valence electrons. The maximum absolute atomic E-state index is 15.0. The molecule has 0 radical (unpaired) electrons. The number of hydrogen-bond donors (Lipinski definition) is 0. The third kappa shape index (κ3) is 3.13. The van der Waals surface area contributed by atoms with Crippen molar-refractivity contribution in [1.82, 2.24) is 14.7 Å². The lowest BCUT2D eigenvalue weighted by Gasteiger charge is -2.78. The van der Waals surface area contributed by atoms with Crippen LogP contribution in [0, 0.1) is 53.3 Å². The Morgan fingerprint density at radius 1 is 0.370 bits per heavy atom. The Labute approximate surface area is 276 Å². The van der Waals surface area contributed by atoms with Crippen molar-refractivity contribution in [3.8, 4) is 0 Å². The predicted molar refractivity (Wildman–Crippen MR) is 176 cm³/mol. The van der Waals surface area contributed by atoms with Crippen molar-refractivity contribution >= 4 is 25.6 Å². The third-order valence-corrected chi connectivity index (χ3v) is 21.8. The van der Waals surface area contributed by atoms with E-state index < -0.39 is 0 Å². The van der Waals surface area contributed by atoms with Crippen molar-refractivity contribution in [2.75, 3.05) is 0 Å². The molecule has 0 spiro atoms. The van der Waals surface area contributed by atoms with Crippen molar-refractivity contribution in [3.05, 3.63) is 0 Å². The van der Waals surface area contributed by atoms with Gasteiger partial charge in [0.25, 0.3) is 0 Å². The highest BCUT2D eigenvalue weighted by molar-refractivity contribution is 7.60. The van der Waals surface area contributed by atoms with E-state index in [1.165, 1.54) is 96.3 Å². The maximum atomic E-state index is 15.0. The van der Waals surface area contributed by atoms with Crippen LogP contribution in [0.4, 0.5) is 0 Å². The summed E-state index contributed by atoms with van der Waals surface area (Å²) in [6.45, 7) is 0. The quantitative estimate of drug-likeness (QED) is 0.304. The van der Waals surface area contributed by atoms with E-state index in [9.17, 15) is 14.4 Å². The molecule has 0 N–H and O–H groups in total. The lowest BCUT2D eigenvalue weighted by atomic mass is 9.56. The summed E-state index contributed by atoms with van der Waals surface area (Å²) < 4.78 is 0. The molecule has 12 aliphatic rings. The number of carbonyl (C=O) groups excluding carboxylic acids is 3. The lowest BCUT2D eigenvalue weighted by molar-refractivity contribution is -0.188. The van der Waals surface area contributed by atoms with Crippen molar-refractivity contribution in [2.45, 2.75) is 169 Å². The van der Waals surface area contributed by atoms with E-state index in [1.807, 2.05) is 0 Å². The molecule has 6 nitrogen and oxygen atoms in total. The highest BCUT2D eigenvalue weighted by Crippen LogP contribution is 2.77. The summed E-state index contributed by atoms with van der Waals surface area (Å²) in [6, 6.07) is 2.20. The van der Waals surface area contributed by atoms with E-state index in [0.29, 0.717) is 106 Å². The first-order valence-electron chi connectivity index (χ1n) is 20.4. The Balaban J connectivity index is 1.07. The zero-order valence-electron chi connectivity index (χ0n) is 27.6. The van der Waals surface area contributed by atoms with Gasteiger partial charge in [0, 0.05) is 71.0 Å². The topological polar surface area (TPSA) is 60.9 Å². The van der Waals surface area contributed by atoms with Crippen LogP contribution in [0.2, 0.25) is 0 Å². The molecule has 6 saturated carbocycles. The fourth-order valence-corrected chi connectivity index (χ4v) is 22.2. The van der Waals surface area contributed by atoms with Crippen molar-refractivity contribution in [2.24, 2.45) is 53.3 Å². The molecule has 12 fully saturated rings. The smallest absolute Gasteiger partial charge is 0.226 e. The van der Waals surface area contributed by atoms with Crippen LogP contribution in [0.1, 0.15) is 116 Å². The van der Waals surface area contributed by atoms with Gasteiger partial charge < -0.3 is 14.7 Å². The summed E-state index contributed by atoms with van der Waals surface area (Å²) in [5.74, 6) is 6.00. The lowest BCUT2D eigenvalue weighted by Crippen LogP contribution is -2.85. The Morgan fingerprint density at radius 2 is 0.674 bits per heavy atom. The van der Waals surface area contributed by atoms with Crippen LogP contribution in [-0.4, -0.2) is 85.6 Å². The highest BCUT2D eigenvalue weighted by Gasteiger charge is 2.76. The number of amides is 3. The fourth-order valence-electron chi connectivity index (χ4n) is 16.8. The maximum Gasteiger partial charge on any atom is 0.226 e. The zero-order chi connectivity index (χ0) is 30.2. The van der Waals surface area contributed by atoms with Crippen LogP contribution in [0.15, 0.2) is 0 Å². The van der Waals surface area contributed by atoms with Gasteiger partial charge in [0.1, 0.15) is 0 Å². The first-order valence-corrected chi connectivity index (χ1v) is 21.9. The van der Waals surface area contributed by atoms with Crippen LogP contribution in [-0.2, 0) is 14.4 Å². The molecular formula is C39H54N3O3P. The summed E-state index contributed by atoms with van der Waals surface area (Å²) in [6.07, 6.45) is 21.9. The molecule has 0 bridgehead atoms. The summed E-state index contributed by atoms with van der Waals surface area (Å²) in [7, 11) is -0.372. The molecule has 0 aromatic rings. The van der Waals surface area contributed by atoms with E-state index in [4.69, 9.17) is 0 Å². The van der Waals surface area contributed by atoms with Crippen molar-refractivity contribution in [1.29, 1.82) is 0 Å². The Bertz CT molecular complexity index is 1230. The molecule has 3 amide bonds. The number of piperidine rings is 3. The van der Waals surface area contributed by atoms with E-state index in [2.05, 4.69) is 14.7 Å². The second-order valence-corrected chi connectivity index (χ2v) is 21.4. The number of fused-ring (bicyclic) bond motifs is 9. The number of carbonyl (C=O) groups is 3. The molecule has 18 unspecified atom stereocenters. The zero-order valence-corrected chi connectivity index (χ0v) is 28.5. The second-order valence-electron chi connectivity index (χ2n) is 18.7. The minimum atomic E-state index is -0.372. The van der Waals surface area contributed by atoms with Gasteiger partial charge in [-0.25, -0.2) is 0 Å². The van der Waals surface area contributed by atoms with E-state index >= 15 is 0 Å². The first-order chi connectivity index (χ1) is 22.6. The Morgan fingerprint density at radius 3 is 1.00 bits per heavy atom. The van der Waals surface area contributed by atoms with Crippen LogP contribution in [0.5, 0.6) is 0 Å². The third-order valence-electron chi connectivity index (χ3n) is 17.8. The summed E-state index contributed by atoms with van der Waals surface area (Å²) in [4.78, 5) is 52.8. The SMILES string of the molecule is O=C1C2CCCCC2C2CCC3C4C2N1C1CCC2C5CCCCC5C(=O)N5C6CCC7C8CCCCC8C(=O)N3C7C6P4C1C25. The van der Waals surface area contributed by atoms with E-state index in [-0.39, 0.29) is 25.7 Å². The number of nitrogens with zero attached hydrogens (tertiary/aromatic N) is 3. The summed E-state index contributed by atoms with van der Waals surface area (Å²) in [5.41, 5.74) is 1.52. The number of hydrogen-bond acceptors (Lipinski definition) is 3. The Kier molecular flexibility index (Phi) is 5.73. The van der Waals surface area contributed by atoms with E-state index in [1.54, 1.807) is 0 Å². The van der Waals surface area contributed by atoms with Gasteiger partial charge in [0.15, 0.2) is 0 Å². The van der Waals surface area contributed by atoms with Gasteiger partial charge in [-0.1, -0.05) is 46.4 Å². The first kappa shape index (κ1) is 27.6. The fraction of sp³-hybridized carbons (Fsp3) is 0.923. The van der Waals surface area contributed by atoms with E-state index in [0.717, 1.165) is 19.3 Å². The average Bonchev–Trinajstić information content (AvgIpc) is 3.10. The largest absolute Gasteiger partial charge is 0.335 e. The van der Waals surface area contributed by atoms with Gasteiger partial charge in [0.2, 0.25) is 17.7 Å². The normalized spacial score (nSPS) is 58.8. The molecule has 12 rings (SSSR count). The molecule has 6 aliphatic heterocycles. The molecule has 46 heavy (non-hydrogen) atoms. The molecule has 6 aliphatic carbocycles. The van der Waals surface area contributed by atoms with Gasteiger partial charge in [-0.2, -0.15) is 0 Å².